The van der Waals surface area contributed by atoms with Gasteiger partial charge in [0.2, 0.25) is 0 Å². The second-order valence-electron chi connectivity index (χ2n) is 5.86. The van der Waals surface area contributed by atoms with E-state index in [0.717, 1.165) is 16.9 Å². The number of hydrogen-bond donors (Lipinski definition) is 2. The number of nitrogens with zero attached hydrogens (tertiary/aromatic N) is 2. The summed E-state index contributed by atoms with van der Waals surface area (Å²) in [5, 5.41) is 5.89. The molecule has 0 fully saturated rings. The molecule has 0 atom stereocenters. The van der Waals surface area contributed by atoms with E-state index in [9.17, 15) is 4.79 Å². The molecule has 0 unspecified atom stereocenters. The van der Waals surface area contributed by atoms with Gasteiger partial charge in [-0.15, -0.1) is 0 Å². The summed E-state index contributed by atoms with van der Waals surface area (Å²) in [6.45, 7) is 3.81. The number of aromatic nitrogens is 2. The standard InChI is InChI=1S/C19H19ClN4O3/c1-10-11(2)22-15-7-12(5-6-14(15)21-10)23-19(25)24-16-9-17(26-3)13(20)8-18(16)27-4/h5-9H,1-4H3,(H2,23,24,25). The highest BCUT2D eigenvalue weighted by Crippen LogP contribution is 2.35. The first-order valence-electron chi connectivity index (χ1n) is 8.16. The average Bonchev–Trinajstić information content (AvgIpc) is 2.64. The lowest BCUT2D eigenvalue weighted by Crippen LogP contribution is -2.20. The number of ether oxygens (including phenoxy) is 2. The fraction of sp³-hybridized carbons (Fsp3) is 0.211. The molecule has 7 nitrogen and oxygen atoms in total. The maximum absolute atomic E-state index is 12.4. The van der Waals surface area contributed by atoms with Crippen LogP contribution in [0.15, 0.2) is 30.3 Å². The molecule has 0 bridgehead atoms. The van der Waals surface area contributed by atoms with Crippen LogP contribution in [0.25, 0.3) is 11.0 Å². The molecule has 3 rings (SSSR count). The molecule has 0 saturated carbocycles. The minimum absolute atomic E-state index is 0.388. The minimum atomic E-state index is -0.436. The van der Waals surface area contributed by atoms with E-state index in [1.807, 2.05) is 19.9 Å². The second kappa shape index (κ2) is 7.67. The lowest BCUT2D eigenvalue weighted by molar-refractivity contribution is 0.262. The third-order valence-electron chi connectivity index (χ3n) is 4.06. The third-order valence-corrected chi connectivity index (χ3v) is 4.35. The largest absolute Gasteiger partial charge is 0.495 e. The molecule has 0 aliphatic rings. The van der Waals surface area contributed by atoms with Crippen molar-refractivity contribution in [3.63, 3.8) is 0 Å². The SMILES string of the molecule is COc1cc(NC(=O)Nc2ccc3nc(C)c(C)nc3c2)c(OC)cc1Cl. The van der Waals surface area contributed by atoms with Crippen molar-refractivity contribution in [2.75, 3.05) is 24.9 Å². The summed E-state index contributed by atoms with van der Waals surface area (Å²) in [4.78, 5) is 21.4. The molecule has 8 heteroatoms. The molecule has 0 saturated heterocycles. The zero-order valence-corrected chi connectivity index (χ0v) is 16.1. The number of hydrogen-bond acceptors (Lipinski definition) is 5. The Labute approximate surface area is 161 Å². The van der Waals surface area contributed by atoms with Crippen LogP contribution in [-0.4, -0.2) is 30.2 Å². The van der Waals surface area contributed by atoms with Crippen molar-refractivity contribution in [2.45, 2.75) is 13.8 Å². The zero-order chi connectivity index (χ0) is 19.6. The minimum Gasteiger partial charge on any atom is -0.495 e. The molecule has 2 N–H and O–H groups in total. The van der Waals surface area contributed by atoms with E-state index >= 15 is 0 Å². The summed E-state index contributed by atoms with van der Waals surface area (Å²) in [6, 6.07) is 8.09. The molecule has 27 heavy (non-hydrogen) atoms. The monoisotopic (exact) mass is 386 g/mol. The number of benzene rings is 2. The van der Waals surface area contributed by atoms with Gasteiger partial charge in [0.05, 0.1) is 47.4 Å². The van der Waals surface area contributed by atoms with E-state index in [-0.39, 0.29) is 0 Å². The van der Waals surface area contributed by atoms with Gasteiger partial charge >= 0.3 is 6.03 Å². The van der Waals surface area contributed by atoms with Gasteiger partial charge in [-0.05, 0) is 32.0 Å². The van der Waals surface area contributed by atoms with Crippen molar-refractivity contribution >= 4 is 40.0 Å². The van der Waals surface area contributed by atoms with Crippen LogP contribution in [0.4, 0.5) is 16.2 Å². The Hall–Kier alpha value is -3.06. The first kappa shape index (κ1) is 18.7. The van der Waals surface area contributed by atoms with Crippen molar-refractivity contribution < 1.29 is 14.3 Å². The first-order valence-corrected chi connectivity index (χ1v) is 8.53. The maximum Gasteiger partial charge on any atom is 0.323 e. The number of fused-ring (bicyclic) bond motifs is 1. The summed E-state index contributed by atoms with van der Waals surface area (Å²) in [5.74, 6) is 0.853. The van der Waals surface area contributed by atoms with Gasteiger partial charge in [-0.25, -0.2) is 14.8 Å². The number of nitrogens with one attached hydrogen (secondary N) is 2. The Balaban J connectivity index is 1.82. The molecule has 0 radical (unpaired) electrons. The van der Waals surface area contributed by atoms with E-state index in [1.165, 1.54) is 14.2 Å². The number of urea groups is 1. The fourth-order valence-corrected chi connectivity index (χ4v) is 2.78. The molecule has 2 aromatic carbocycles. The molecule has 0 spiro atoms. The van der Waals surface area contributed by atoms with Gasteiger partial charge in [-0.1, -0.05) is 11.6 Å². The van der Waals surface area contributed by atoms with Crippen molar-refractivity contribution in [1.29, 1.82) is 0 Å². The normalized spacial score (nSPS) is 10.6. The molecule has 2 amide bonds. The van der Waals surface area contributed by atoms with E-state index in [4.69, 9.17) is 21.1 Å². The van der Waals surface area contributed by atoms with Gasteiger partial charge in [-0.3, -0.25) is 0 Å². The summed E-state index contributed by atoms with van der Waals surface area (Å²) >= 11 is 6.08. The molecule has 1 heterocycles. The topological polar surface area (TPSA) is 85.4 Å². The number of amides is 2. The highest BCUT2D eigenvalue weighted by Gasteiger charge is 2.13. The molecule has 140 valence electrons. The summed E-state index contributed by atoms with van der Waals surface area (Å²) in [7, 11) is 2.99. The Morgan fingerprint density at radius 1 is 0.926 bits per heavy atom. The zero-order valence-electron chi connectivity index (χ0n) is 15.4. The number of methoxy groups -OCH3 is 2. The number of rotatable bonds is 4. The van der Waals surface area contributed by atoms with E-state index < -0.39 is 6.03 Å². The number of carbonyl (C=O) groups excluding carboxylic acids is 1. The summed E-state index contributed by atoms with van der Waals surface area (Å²) in [5.41, 5.74) is 4.24. The average molecular weight is 387 g/mol. The highest BCUT2D eigenvalue weighted by molar-refractivity contribution is 6.32. The van der Waals surface area contributed by atoms with Crippen LogP contribution < -0.4 is 20.1 Å². The van der Waals surface area contributed by atoms with Crippen LogP contribution in [0.2, 0.25) is 5.02 Å². The van der Waals surface area contributed by atoms with Crippen LogP contribution in [0.5, 0.6) is 11.5 Å². The number of aryl methyl sites for hydroxylation is 2. The lowest BCUT2D eigenvalue weighted by atomic mass is 10.2. The molecular weight excluding hydrogens is 368 g/mol. The van der Waals surface area contributed by atoms with Gasteiger partial charge < -0.3 is 20.1 Å². The van der Waals surface area contributed by atoms with Crippen LogP contribution in [0.1, 0.15) is 11.4 Å². The highest BCUT2D eigenvalue weighted by atomic mass is 35.5. The van der Waals surface area contributed by atoms with E-state index in [0.29, 0.717) is 33.4 Å². The predicted octanol–water partition coefficient (Wildman–Crippen LogP) is 4.56. The van der Waals surface area contributed by atoms with Crippen LogP contribution in [-0.2, 0) is 0 Å². The van der Waals surface area contributed by atoms with Gasteiger partial charge in [0, 0.05) is 17.8 Å². The molecular formula is C19H19ClN4O3. The van der Waals surface area contributed by atoms with Gasteiger partial charge in [-0.2, -0.15) is 0 Å². The first-order chi connectivity index (χ1) is 12.9. The maximum atomic E-state index is 12.4. The van der Waals surface area contributed by atoms with Gasteiger partial charge in [0.25, 0.3) is 0 Å². The quantitative estimate of drug-likeness (QED) is 0.686. The number of halogens is 1. The summed E-state index contributed by atoms with van der Waals surface area (Å²) in [6.07, 6.45) is 0. The third kappa shape index (κ3) is 4.03. The lowest BCUT2D eigenvalue weighted by Gasteiger charge is -2.14. The molecule has 1 aromatic heterocycles. The van der Waals surface area contributed by atoms with Crippen LogP contribution in [0, 0.1) is 13.8 Å². The molecule has 0 aliphatic heterocycles. The van der Waals surface area contributed by atoms with Crippen molar-refractivity contribution in [3.05, 3.63) is 46.7 Å². The second-order valence-corrected chi connectivity index (χ2v) is 6.27. The Morgan fingerprint density at radius 2 is 1.59 bits per heavy atom. The van der Waals surface area contributed by atoms with Crippen LogP contribution in [0.3, 0.4) is 0 Å². The summed E-state index contributed by atoms with van der Waals surface area (Å²) < 4.78 is 10.4. The fourth-order valence-electron chi connectivity index (χ4n) is 2.55. The van der Waals surface area contributed by atoms with Crippen molar-refractivity contribution in [3.8, 4) is 11.5 Å². The number of anilines is 2. The number of carbonyl (C=O) groups is 1. The van der Waals surface area contributed by atoms with E-state index in [2.05, 4.69) is 20.6 Å². The van der Waals surface area contributed by atoms with Gasteiger partial charge in [0.1, 0.15) is 11.5 Å². The smallest absolute Gasteiger partial charge is 0.323 e. The van der Waals surface area contributed by atoms with E-state index in [1.54, 1.807) is 24.3 Å². The Kier molecular flexibility index (Phi) is 5.32. The Bertz CT molecular complexity index is 1020. The predicted molar refractivity (Wildman–Crippen MR) is 106 cm³/mol. The van der Waals surface area contributed by atoms with Crippen molar-refractivity contribution in [1.82, 2.24) is 9.97 Å². The van der Waals surface area contributed by atoms with Gasteiger partial charge in [0.15, 0.2) is 0 Å². The molecule has 3 aromatic rings. The Morgan fingerprint density at radius 3 is 2.26 bits per heavy atom. The molecule has 0 aliphatic carbocycles. The van der Waals surface area contributed by atoms with Crippen molar-refractivity contribution in [2.24, 2.45) is 0 Å². The van der Waals surface area contributed by atoms with Crippen LogP contribution >= 0.6 is 11.6 Å².